The third-order valence-electron chi connectivity index (χ3n) is 0.636. The molecule has 0 aliphatic rings. The maximum atomic E-state index is 11.5. The number of hydrogen-bond donors (Lipinski definition) is 0. The van der Waals surface area contributed by atoms with Crippen LogP contribution in [0, 0.1) is 0 Å². The van der Waals surface area contributed by atoms with E-state index in [0.717, 1.165) is 0 Å². The minimum Gasteiger partial charge on any atom is -0.255 e. The largest absolute Gasteiger partial charge is 0.394 e. The molecule has 0 atom stereocenters. The summed E-state index contributed by atoms with van der Waals surface area (Å²) in [6.07, 6.45) is -5.23. The van der Waals surface area contributed by atoms with Crippen LogP contribution in [0.4, 0.5) is 13.2 Å². The van der Waals surface area contributed by atoms with E-state index in [1.807, 2.05) is 0 Å². The average molecular weight is 263 g/mol. The Morgan fingerprint density at radius 3 is 2.40 bits per heavy atom. The summed E-state index contributed by atoms with van der Waals surface area (Å²) < 4.78 is 35.7. The van der Waals surface area contributed by atoms with Crippen LogP contribution in [0.2, 0.25) is 0 Å². The van der Waals surface area contributed by atoms with Crippen LogP contribution < -0.4 is 0 Å². The van der Waals surface area contributed by atoms with Crippen molar-refractivity contribution >= 4 is 26.8 Å². The highest BCUT2D eigenvalue weighted by Crippen LogP contribution is 2.23. The molecule has 0 saturated heterocycles. The standard InChI is InChI=1S/C5H5F3IN/c1-4(10-3-9)2-5(6,7)8/h3H,1-2H2. The lowest BCUT2D eigenvalue weighted by Crippen LogP contribution is -2.06. The van der Waals surface area contributed by atoms with E-state index in [1.54, 1.807) is 22.6 Å². The van der Waals surface area contributed by atoms with Crippen molar-refractivity contribution in [3.8, 4) is 0 Å². The minimum atomic E-state index is -4.19. The van der Waals surface area contributed by atoms with Gasteiger partial charge in [0.2, 0.25) is 0 Å². The third-order valence-corrected chi connectivity index (χ3v) is 0.914. The highest BCUT2D eigenvalue weighted by Gasteiger charge is 2.27. The van der Waals surface area contributed by atoms with Gasteiger partial charge in [-0.15, -0.1) is 0 Å². The molecular formula is C5H5F3IN. The summed E-state index contributed by atoms with van der Waals surface area (Å²) in [5.41, 5.74) is -0.165. The van der Waals surface area contributed by atoms with Crippen molar-refractivity contribution in [2.24, 2.45) is 4.99 Å². The fourth-order valence-corrected chi connectivity index (χ4v) is 0.740. The number of rotatable bonds is 2. The SMILES string of the molecule is C=C(CC(F)(F)F)N=CI. The Morgan fingerprint density at radius 1 is 1.60 bits per heavy atom. The predicted octanol–water partition coefficient (Wildman–Crippen LogP) is 2.92. The van der Waals surface area contributed by atoms with E-state index in [1.165, 1.54) is 4.22 Å². The van der Waals surface area contributed by atoms with Crippen LogP contribution in [0.3, 0.4) is 0 Å². The van der Waals surface area contributed by atoms with Crippen molar-refractivity contribution in [3.63, 3.8) is 0 Å². The van der Waals surface area contributed by atoms with Gasteiger partial charge in [-0.25, -0.2) is 0 Å². The maximum absolute atomic E-state index is 11.5. The quantitative estimate of drug-likeness (QED) is 0.536. The van der Waals surface area contributed by atoms with Crippen molar-refractivity contribution in [3.05, 3.63) is 12.3 Å². The molecule has 0 N–H and O–H groups in total. The lowest BCUT2D eigenvalue weighted by Gasteiger charge is -2.03. The Labute approximate surface area is 70.2 Å². The van der Waals surface area contributed by atoms with Crippen molar-refractivity contribution < 1.29 is 13.2 Å². The Bertz CT molecular complexity index is 149. The number of hydrogen-bond acceptors (Lipinski definition) is 1. The molecule has 5 heteroatoms. The second-order valence-corrected chi connectivity index (χ2v) is 2.14. The van der Waals surface area contributed by atoms with E-state index in [4.69, 9.17) is 0 Å². The molecule has 58 valence electrons. The van der Waals surface area contributed by atoms with Crippen LogP contribution in [-0.2, 0) is 0 Å². The third kappa shape index (κ3) is 6.06. The molecule has 0 amide bonds. The van der Waals surface area contributed by atoms with Gasteiger partial charge >= 0.3 is 6.18 Å². The van der Waals surface area contributed by atoms with Crippen LogP contribution >= 0.6 is 22.6 Å². The van der Waals surface area contributed by atoms with Gasteiger partial charge in [0.05, 0.1) is 10.6 Å². The van der Waals surface area contributed by atoms with Crippen molar-refractivity contribution in [1.82, 2.24) is 0 Å². The monoisotopic (exact) mass is 263 g/mol. The summed E-state index contributed by atoms with van der Waals surface area (Å²) in [4.78, 5) is 3.36. The van der Waals surface area contributed by atoms with Gasteiger partial charge < -0.3 is 0 Å². The second-order valence-electron chi connectivity index (χ2n) is 1.58. The zero-order valence-electron chi connectivity index (χ0n) is 4.95. The minimum absolute atomic E-state index is 0.165. The van der Waals surface area contributed by atoms with Crippen molar-refractivity contribution in [1.29, 1.82) is 0 Å². The highest BCUT2D eigenvalue weighted by atomic mass is 127. The fourth-order valence-electron chi connectivity index (χ4n) is 0.346. The van der Waals surface area contributed by atoms with E-state index >= 15 is 0 Å². The summed E-state index contributed by atoms with van der Waals surface area (Å²) >= 11 is 1.73. The first-order chi connectivity index (χ1) is 4.45. The normalized spacial score (nSPS) is 12.4. The predicted molar refractivity (Wildman–Crippen MR) is 42.3 cm³/mol. The Kier molecular flexibility index (Phi) is 3.92. The first-order valence-electron chi connectivity index (χ1n) is 2.33. The molecule has 0 rings (SSSR count). The van der Waals surface area contributed by atoms with Crippen LogP contribution in [0.15, 0.2) is 17.3 Å². The van der Waals surface area contributed by atoms with Gasteiger partial charge in [0.25, 0.3) is 0 Å². The highest BCUT2D eigenvalue weighted by molar-refractivity contribution is 14.1. The topological polar surface area (TPSA) is 12.4 Å². The molecule has 0 heterocycles. The van der Waals surface area contributed by atoms with Gasteiger partial charge in [-0.3, -0.25) is 4.99 Å². The lowest BCUT2D eigenvalue weighted by atomic mass is 10.3. The molecule has 0 aliphatic carbocycles. The zero-order valence-corrected chi connectivity index (χ0v) is 7.11. The fraction of sp³-hybridized carbons (Fsp3) is 0.400. The Morgan fingerprint density at radius 2 is 2.10 bits per heavy atom. The van der Waals surface area contributed by atoms with Crippen LogP contribution in [0.5, 0.6) is 0 Å². The van der Waals surface area contributed by atoms with Gasteiger partial charge in [-0.1, -0.05) is 6.58 Å². The van der Waals surface area contributed by atoms with Crippen LogP contribution in [-0.4, -0.2) is 10.4 Å². The van der Waals surface area contributed by atoms with Gasteiger partial charge in [-0.2, -0.15) is 13.2 Å². The number of allylic oxidation sites excluding steroid dienone is 1. The molecule has 0 fully saturated rings. The number of halogens is 4. The molecule has 0 radical (unpaired) electrons. The van der Waals surface area contributed by atoms with Crippen molar-refractivity contribution in [2.75, 3.05) is 0 Å². The van der Waals surface area contributed by atoms with E-state index in [0.29, 0.717) is 0 Å². The summed E-state index contributed by atoms with van der Waals surface area (Å²) in [5, 5.41) is 0. The molecule has 0 saturated carbocycles. The summed E-state index contributed by atoms with van der Waals surface area (Å²) in [6.45, 7) is 3.11. The van der Waals surface area contributed by atoms with E-state index in [-0.39, 0.29) is 5.70 Å². The number of nitrogens with zero attached hydrogens (tertiary/aromatic N) is 1. The second kappa shape index (κ2) is 3.95. The lowest BCUT2D eigenvalue weighted by molar-refractivity contribution is -0.127. The molecule has 0 unspecified atom stereocenters. The van der Waals surface area contributed by atoms with E-state index in [9.17, 15) is 13.2 Å². The molecule has 0 aromatic carbocycles. The van der Waals surface area contributed by atoms with Crippen LogP contribution in [0.25, 0.3) is 0 Å². The average Bonchev–Trinajstić information content (AvgIpc) is 1.59. The molecule has 0 aromatic rings. The van der Waals surface area contributed by atoms with Gasteiger partial charge in [0.15, 0.2) is 0 Å². The van der Waals surface area contributed by atoms with Gasteiger partial charge in [-0.05, 0) is 22.6 Å². The summed E-state index contributed by atoms with van der Waals surface area (Å²) in [6, 6.07) is 0. The molecule has 1 nitrogen and oxygen atoms in total. The maximum Gasteiger partial charge on any atom is 0.394 e. The number of aliphatic imine (C=N–C) groups is 1. The molecular weight excluding hydrogens is 258 g/mol. The number of alkyl halides is 3. The van der Waals surface area contributed by atoms with Gasteiger partial charge in [0.1, 0.15) is 0 Å². The van der Waals surface area contributed by atoms with E-state index in [2.05, 4.69) is 11.6 Å². The molecule has 0 aliphatic heterocycles. The van der Waals surface area contributed by atoms with E-state index < -0.39 is 12.6 Å². The van der Waals surface area contributed by atoms with Crippen molar-refractivity contribution in [2.45, 2.75) is 12.6 Å². The van der Waals surface area contributed by atoms with Crippen LogP contribution in [0.1, 0.15) is 6.42 Å². The van der Waals surface area contributed by atoms with Gasteiger partial charge in [0, 0.05) is 5.70 Å². The molecule has 0 bridgehead atoms. The Balaban J connectivity index is 3.81. The summed E-state index contributed by atoms with van der Waals surface area (Å²) in [5.74, 6) is 0. The molecule has 10 heavy (non-hydrogen) atoms. The molecule has 0 aromatic heterocycles. The first-order valence-corrected chi connectivity index (χ1v) is 3.57. The molecule has 0 spiro atoms. The Hall–Kier alpha value is -0.0700. The zero-order chi connectivity index (χ0) is 8.20. The smallest absolute Gasteiger partial charge is 0.255 e. The first kappa shape index (κ1) is 9.93. The summed E-state index contributed by atoms with van der Waals surface area (Å²) in [7, 11) is 0.